The Balaban J connectivity index is 1.28. The van der Waals surface area contributed by atoms with E-state index in [0.717, 1.165) is 46.7 Å². The topological polar surface area (TPSA) is 68.2 Å². The molecule has 164 valence electrons. The number of aryl methyl sites for hydroxylation is 2. The molecular formula is C26H28N4O2. The van der Waals surface area contributed by atoms with Crippen LogP contribution in [0.1, 0.15) is 37.1 Å². The second kappa shape index (κ2) is 8.71. The molecule has 0 radical (unpaired) electrons. The summed E-state index contributed by atoms with van der Waals surface area (Å²) in [6.45, 7) is 8.36. The zero-order valence-corrected chi connectivity index (χ0v) is 18.8. The van der Waals surface area contributed by atoms with Gasteiger partial charge in [0.2, 0.25) is 17.7 Å². The lowest BCUT2D eigenvalue weighted by Crippen LogP contribution is -2.29. The van der Waals surface area contributed by atoms with Gasteiger partial charge < -0.3 is 13.7 Å². The lowest BCUT2D eigenvalue weighted by molar-refractivity contribution is 0.271. The van der Waals surface area contributed by atoms with E-state index in [1.54, 1.807) is 6.92 Å². The van der Waals surface area contributed by atoms with Gasteiger partial charge in [0, 0.05) is 37.1 Å². The molecule has 0 bridgehead atoms. The molecule has 1 aliphatic rings. The summed E-state index contributed by atoms with van der Waals surface area (Å²) in [5, 5.41) is 7.97. The molecule has 6 nitrogen and oxygen atoms in total. The molecular weight excluding hydrogens is 400 g/mol. The number of benzene rings is 2. The standard InChI is InChI=1S/C26H28N4O2/c1-17-5-4-15-30(17)16-14-24-18(2)31-25(27-24)22-10-6-20(7-11-22)21-8-12-23(13-9-21)26-29-28-19(3)32-26/h6-13,17H,4-5,14-16H2,1-3H3. The van der Waals surface area contributed by atoms with Gasteiger partial charge in [-0.3, -0.25) is 0 Å². The van der Waals surface area contributed by atoms with Gasteiger partial charge >= 0.3 is 0 Å². The Hall–Kier alpha value is -3.25. The van der Waals surface area contributed by atoms with Crippen molar-refractivity contribution in [3.63, 3.8) is 0 Å². The Morgan fingerprint density at radius 3 is 2.03 bits per heavy atom. The molecule has 2 aromatic carbocycles. The van der Waals surface area contributed by atoms with Gasteiger partial charge in [0.05, 0.1) is 5.69 Å². The van der Waals surface area contributed by atoms with Crippen LogP contribution in [-0.4, -0.2) is 39.2 Å². The summed E-state index contributed by atoms with van der Waals surface area (Å²) in [5.41, 5.74) is 5.23. The third-order valence-corrected chi connectivity index (χ3v) is 6.34. The van der Waals surface area contributed by atoms with Crippen molar-refractivity contribution in [1.29, 1.82) is 0 Å². The fraction of sp³-hybridized carbons (Fsp3) is 0.346. The maximum Gasteiger partial charge on any atom is 0.247 e. The molecule has 1 atom stereocenters. The van der Waals surface area contributed by atoms with E-state index in [1.807, 2.05) is 19.1 Å². The highest BCUT2D eigenvalue weighted by molar-refractivity contribution is 5.69. The quantitative estimate of drug-likeness (QED) is 0.392. The molecule has 0 spiro atoms. The number of nitrogens with zero attached hydrogens (tertiary/aromatic N) is 4. The van der Waals surface area contributed by atoms with E-state index in [0.29, 0.717) is 23.7 Å². The Kier molecular flexibility index (Phi) is 5.62. The van der Waals surface area contributed by atoms with Gasteiger partial charge in [-0.1, -0.05) is 24.3 Å². The van der Waals surface area contributed by atoms with Crippen LogP contribution in [0.15, 0.2) is 57.4 Å². The van der Waals surface area contributed by atoms with Crippen molar-refractivity contribution in [3.8, 4) is 34.0 Å². The Bertz CT molecular complexity index is 1190. The Morgan fingerprint density at radius 2 is 1.47 bits per heavy atom. The molecule has 0 amide bonds. The smallest absolute Gasteiger partial charge is 0.247 e. The number of hydrogen-bond acceptors (Lipinski definition) is 6. The predicted octanol–water partition coefficient (Wildman–Crippen LogP) is 5.70. The van der Waals surface area contributed by atoms with Gasteiger partial charge in [0.15, 0.2) is 0 Å². The van der Waals surface area contributed by atoms with Crippen LogP contribution in [0.2, 0.25) is 0 Å². The lowest BCUT2D eigenvalue weighted by Gasteiger charge is -2.20. The van der Waals surface area contributed by atoms with Gasteiger partial charge in [-0.15, -0.1) is 10.2 Å². The zero-order chi connectivity index (χ0) is 22.1. The van der Waals surface area contributed by atoms with Crippen LogP contribution in [0, 0.1) is 13.8 Å². The van der Waals surface area contributed by atoms with Crippen LogP contribution in [0.4, 0.5) is 0 Å². The zero-order valence-electron chi connectivity index (χ0n) is 18.8. The normalized spacial score (nSPS) is 16.7. The molecule has 1 fully saturated rings. The van der Waals surface area contributed by atoms with E-state index in [-0.39, 0.29) is 0 Å². The van der Waals surface area contributed by atoms with Crippen LogP contribution in [0.25, 0.3) is 34.0 Å². The van der Waals surface area contributed by atoms with Crippen molar-refractivity contribution in [2.45, 2.75) is 46.1 Å². The monoisotopic (exact) mass is 428 g/mol. The second-order valence-electron chi connectivity index (χ2n) is 8.58. The summed E-state index contributed by atoms with van der Waals surface area (Å²) >= 11 is 0. The predicted molar refractivity (Wildman–Crippen MR) is 124 cm³/mol. The van der Waals surface area contributed by atoms with Crippen molar-refractivity contribution in [3.05, 3.63) is 65.9 Å². The first kappa shape index (κ1) is 20.6. The number of likely N-dealkylation sites (tertiary alicyclic amines) is 1. The summed E-state index contributed by atoms with van der Waals surface area (Å²) in [5.74, 6) is 2.72. The van der Waals surface area contributed by atoms with Gasteiger partial charge in [0.1, 0.15) is 5.76 Å². The first-order valence-electron chi connectivity index (χ1n) is 11.3. The summed E-state index contributed by atoms with van der Waals surface area (Å²) in [7, 11) is 0. The van der Waals surface area contributed by atoms with E-state index < -0.39 is 0 Å². The van der Waals surface area contributed by atoms with E-state index in [2.05, 4.69) is 58.4 Å². The first-order chi connectivity index (χ1) is 15.6. The summed E-state index contributed by atoms with van der Waals surface area (Å²) < 4.78 is 11.5. The van der Waals surface area contributed by atoms with Crippen molar-refractivity contribution >= 4 is 0 Å². The molecule has 6 heteroatoms. The highest BCUT2D eigenvalue weighted by atomic mass is 16.4. The van der Waals surface area contributed by atoms with Crippen molar-refractivity contribution in [2.75, 3.05) is 13.1 Å². The Morgan fingerprint density at radius 1 is 0.844 bits per heavy atom. The highest BCUT2D eigenvalue weighted by Gasteiger charge is 2.21. The number of hydrogen-bond donors (Lipinski definition) is 0. The molecule has 1 unspecified atom stereocenters. The van der Waals surface area contributed by atoms with Crippen LogP contribution in [0.5, 0.6) is 0 Å². The third-order valence-electron chi connectivity index (χ3n) is 6.34. The van der Waals surface area contributed by atoms with Crippen LogP contribution in [0.3, 0.4) is 0 Å². The molecule has 0 saturated carbocycles. The van der Waals surface area contributed by atoms with E-state index >= 15 is 0 Å². The summed E-state index contributed by atoms with van der Waals surface area (Å²) in [6, 6.07) is 17.2. The van der Waals surface area contributed by atoms with Crippen molar-refractivity contribution < 1.29 is 8.83 Å². The van der Waals surface area contributed by atoms with Crippen LogP contribution < -0.4 is 0 Å². The molecule has 4 aromatic rings. The second-order valence-corrected chi connectivity index (χ2v) is 8.58. The van der Waals surface area contributed by atoms with Crippen molar-refractivity contribution in [1.82, 2.24) is 20.1 Å². The molecule has 5 rings (SSSR count). The largest absolute Gasteiger partial charge is 0.441 e. The molecule has 1 aliphatic heterocycles. The van der Waals surface area contributed by atoms with Gasteiger partial charge in [-0.25, -0.2) is 4.98 Å². The molecule has 0 N–H and O–H groups in total. The highest BCUT2D eigenvalue weighted by Crippen LogP contribution is 2.28. The van der Waals surface area contributed by atoms with E-state index in [1.165, 1.54) is 19.4 Å². The maximum atomic E-state index is 6.00. The third kappa shape index (κ3) is 4.23. The summed E-state index contributed by atoms with van der Waals surface area (Å²) in [4.78, 5) is 7.35. The lowest BCUT2D eigenvalue weighted by atomic mass is 10.0. The fourth-order valence-corrected chi connectivity index (χ4v) is 4.38. The molecule has 32 heavy (non-hydrogen) atoms. The number of aromatic nitrogens is 3. The van der Waals surface area contributed by atoms with Gasteiger partial charge in [0.25, 0.3) is 0 Å². The average Bonchev–Trinajstić information content (AvgIpc) is 3.53. The van der Waals surface area contributed by atoms with Crippen LogP contribution >= 0.6 is 0 Å². The SMILES string of the molecule is Cc1nnc(-c2ccc(-c3ccc(-c4nc(CCN5CCCC5C)c(C)o4)cc3)cc2)o1. The van der Waals surface area contributed by atoms with E-state index in [4.69, 9.17) is 13.8 Å². The van der Waals surface area contributed by atoms with Crippen molar-refractivity contribution in [2.24, 2.45) is 0 Å². The van der Waals surface area contributed by atoms with Crippen LogP contribution in [-0.2, 0) is 6.42 Å². The molecule has 3 heterocycles. The fourth-order valence-electron chi connectivity index (χ4n) is 4.38. The van der Waals surface area contributed by atoms with E-state index in [9.17, 15) is 0 Å². The molecule has 0 aliphatic carbocycles. The summed E-state index contributed by atoms with van der Waals surface area (Å²) in [6.07, 6.45) is 3.54. The number of oxazole rings is 1. The maximum absolute atomic E-state index is 6.00. The number of rotatable bonds is 6. The average molecular weight is 429 g/mol. The first-order valence-corrected chi connectivity index (χ1v) is 11.3. The molecule has 1 saturated heterocycles. The molecule has 2 aromatic heterocycles. The Labute approximate surface area is 188 Å². The minimum Gasteiger partial charge on any atom is -0.441 e. The van der Waals surface area contributed by atoms with Gasteiger partial charge in [-0.05, 0) is 68.6 Å². The minimum absolute atomic E-state index is 0.540. The van der Waals surface area contributed by atoms with Gasteiger partial charge in [-0.2, -0.15) is 0 Å². The minimum atomic E-state index is 0.540.